The summed E-state index contributed by atoms with van der Waals surface area (Å²) in [4.78, 5) is 26.9. The maximum Gasteiger partial charge on any atom is 0.246 e. The van der Waals surface area contributed by atoms with Crippen LogP contribution in [0.25, 0.3) is 16.5 Å². The first-order chi connectivity index (χ1) is 18.0. The highest BCUT2D eigenvalue weighted by Gasteiger charge is 2.22. The van der Waals surface area contributed by atoms with E-state index in [1.54, 1.807) is 17.0 Å². The molecule has 0 spiro atoms. The Morgan fingerprint density at radius 2 is 1.51 bits per heavy atom. The van der Waals surface area contributed by atoms with Gasteiger partial charge in [-0.15, -0.1) is 0 Å². The summed E-state index contributed by atoms with van der Waals surface area (Å²) in [7, 11) is 0. The van der Waals surface area contributed by atoms with Crippen molar-refractivity contribution < 1.29 is 23.5 Å². The van der Waals surface area contributed by atoms with Gasteiger partial charge >= 0.3 is 0 Å². The molecule has 1 aliphatic rings. The number of rotatable bonds is 7. The minimum absolute atomic E-state index is 0.0576. The molecule has 1 saturated heterocycles. The number of ether oxygens (including phenoxy) is 2. The first-order valence-electron chi connectivity index (χ1n) is 12.4. The van der Waals surface area contributed by atoms with Gasteiger partial charge < -0.3 is 18.8 Å². The monoisotopic (exact) mass is 495 g/mol. The van der Waals surface area contributed by atoms with Crippen LogP contribution in [0.2, 0.25) is 0 Å². The third kappa shape index (κ3) is 5.34. The number of morpholine rings is 1. The average molecular weight is 496 g/mol. The molecule has 0 aliphatic carbocycles. The van der Waals surface area contributed by atoms with Crippen molar-refractivity contribution in [1.29, 1.82) is 0 Å². The summed E-state index contributed by atoms with van der Waals surface area (Å²) in [6.07, 6.45) is 1.26. The Morgan fingerprint density at radius 1 is 0.892 bits per heavy atom. The van der Waals surface area contributed by atoms with Gasteiger partial charge in [0, 0.05) is 31.5 Å². The van der Waals surface area contributed by atoms with Gasteiger partial charge in [-0.3, -0.25) is 9.59 Å². The van der Waals surface area contributed by atoms with Crippen LogP contribution in [0.1, 0.15) is 47.2 Å². The minimum atomic E-state index is -0.373. The van der Waals surface area contributed by atoms with E-state index in [0.717, 1.165) is 27.6 Å². The molecule has 6 nitrogen and oxygen atoms in total. The summed E-state index contributed by atoms with van der Waals surface area (Å²) in [5.74, 6) is 0.534. The lowest BCUT2D eigenvalue weighted by Crippen LogP contribution is -2.39. The number of furan rings is 1. The lowest BCUT2D eigenvalue weighted by atomic mass is 10.00. The van der Waals surface area contributed by atoms with E-state index >= 15 is 0 Å². The van der Waals surface area contributed by atoms with Gasteiger partial charge in [-0.1, -0.05) is 66.7 Å². The van der Waals surface area contributed by atoms with Gasteiger partial charge in [0.2, 0.25) is 5.91 Å². The van der Waals surface area contributed by atoms with E-state index < -0.39 is 0 Å². The molecular weight excluding hydrogens is 466 g/mol. The van der Waals surface area contributed by atoms with Crippen LogP contribution >= 0.6 is 0 Å². The molecule has 1 aliphatic heterocycles. The van der Waals surface area contributed by atoms with Crippen LogP contribution in [0.4, 0.5) is 0 Å². The standard InChI is InChI=1S/C31H29NO5/c1-21(19-29(34)32-15-17-35-18-16-32)25-13-14-27(31-26(25)20-28(37-31)22(2)33)36-30(23-9-5-3-6-10-23)24-11-7-4-8-12-24/h3-14,19-20,30H,15-18H2,1-2H3. The Labute approximate surface area is 216 Å². The molecule has 2 heterocycles. The SMILES string of the molecule is CC(=O)c1cc2c(C(C)=CC(=O)N3CCOCC3)ccc(OC(c3ccccc3)c3ccccc3)c2o1. The van der Waals surface area contributed by atoms with E-state index in [9.17, 15) is 9.59 Å². The summed E-state index contributed by atoms with van der Waals surface area (Å²) in [5, 5.41) is 0.728. The zero-order valence-electron chi connectivity index (χ0n) is 21.0. The number of carbonyl (C=O) groups is 2. The van der Waals surface area contributed by atoms with Gasteiger partial charge in [0.15, 0.2) is 22.9 Å². The van der Waals surface area contributed by atoms with E-state index in [1.165, 1.54) is 6.92 Å². The number of Topliss-reactive ketones (excluding diaryl/α,β-unsaturated/α-hetero) is 1. The maximum atomic E-state index is 12.8. The fraction of sp³-hybridized carbons (Fsp3) is 0.226. The molecule has 37 heavy (non-hydrogen) atoms. The van der Waals surface area contributed by atoms with E-state index in [4.69, 9.17) is 13.9 Å². The second-order valence-electron chi connectivity index (χ2n) is 9.11. The molecule has 0 saturated carbocycles. The largest absolute Gasteiger partial charge is 0.477 e. The van der Waals surface area contributed by atoms with Crippen LogP contribution in [0.5, 0.6) is 5.75 Å². The second kappa shape index (κ2) is 10.8. The Balaban J connectivity index is 1.56. The second-order valence-corrected chi connectivity index (χ2v) is 9.11. The molecule has 6 heteroatoms. The Kier molecular flexibility index (Phi) is 7.19. The number of benzene rings is 3. The van der Waals surface area contributed by atoms with Crippen LogP contribution in [0.3, 0.4) is 0 Å². The highest BCUT2D eigenvalue weighted by atomic mass is 16.5. The van der Waals surface area contributed by atoms with E-state index in [2.05, 4.69) is 0 Å². The quantitative estimate of drug-likeness (QED) is 0.230. The van der Waals surface area contributed by atoms with E-state index in [1.807, 2.05) is 79.7 Å². The zero-order valence-corrected chi connectivity index (χ0v) is 21.0. The summed E-state index contributed by atoms with van der Waals surface area (Å²) < 4.78 is 18.0. The predicted octanol–water partition coefficient (Wildman–Crippen LogP) is 6.07. The van der Waals surface area contributed by atoms with Crippen molar-refractivity contribution >= 4 is 28.2 Å². The number of carbonyl (C=O) groups excluding carboxylic acids is 2. The van der Waals surface area contributed by atoms with Crippen molar-refractivity contribution in [2.45, 2.75) is 20.0 Å². The molecule has 0 atom stereocenters. The summed E-state index contributed by atoms with van der Waals surface area (Å²) in [5.41, 5.74) is 4.07. The highest BCUT2D eigenvalue weighted by Crippen LogP contribution is 2.38. The van der Waals surface area contributed by atoms with Gasteiger partial charge in [-0.25, -0.2) is 0 Å². The molecule has 0 unspecified atom stereocenters. The first-order valence-corrected chi connectivity index (χ1v) is 12.4. The molecular formula is C31H29NO5. The average Bonchev–Trinajstić information content (AvgIpc) is 3.39. The van der Waals surface area contributed by atoms with Crippen LogP contribution in [0.15, 0.2) is 89.4 Å². The zero-order chi connectivity index (χ0) is 25.8. The van der Waals surface area contributed by atoms with Crippen molar-refractivity contribution in [1.82, 2.24) is 4.90 Å². The van der Waals surface area contributed by atoms with Crippen LogP contribution in [-0.4, -0.2) is 42.9 Å². The molecule has 0 bridgehead atoms. The first kappa shape index (κ1) is 24.5. The summed E-state index contributed by atoms with van der Waals surface area (Å²) >= 11 is 0. The van der Waals surface area contributed by atoms with E-state index in [-0.39, 0.29) is 23.6 Å². The van der Waals surface area contributed by atoms with Gasteiger partial charge in [-0.2, -0.15) is 0 Å². The third-order valence-corrected chi connectivity index (χ3v) is 6.53. The lowest BCUT2D eigenvalue weighted by molar-refractivity contribution is -0.129. The third-order valence-electron chi connectivity index (χ3n) is 6.53. The number of nitrogens with zero attached hydrogens (tertiary/aromatic N) is 1. The normalized spacial score (nSPS) is 14.2. The van der Waals surface area contributed by atoms with Crippen molar-refractivity contribution in [3.63, 3.8) is 0 Å². The Morgan fingerprint density at radius 3 is 2.11 bits per heavy atom. The molecule has 1 fully saturated rings. The van der Waals surface area contributed by atoms with Gasteiger partial charge in [-0.05, 0) is 41.3 Å². The number of hydrogen-bond acceptors (Lipinski definition) is 5. The topological polar surface area (TPSA) is 69.0 Å². The number of fused-ring (bicyclic) bond motifs is 1. The molecule has 188 valence electrons. The van der Waals surface area contributed by atoms with Crippen molar-refractivity contribution in [3.8, 4) is 5.75 Å². The number of ketones is 1. The van der Waals surface area contributed by atoms with Crippen molar-refractivity contribution in [3.05, 3.63) is 107 Å². The summed E-state index contributed by atoms with van der Waals surface area (Å²) in [6, 6.07) is 25.5. The van der Waals surface area contributed by atoms with Gasteiger partial charge in [0.25, 0.3) is 0 Å². The number of amides is 1. The number of hydrogen-bond donors (Lipinski definition) is 0. The Bertz CT molecular complexity index is 1390. The fourth-order valence-electron chi connectivity index (χ4n) is 4.56. The molecule has 0 N–H and O–H groups in total. The van der Waals surface area contributed by atoms with Crippen molar-refractivity contribution in [2.24, 2.45) is 0 Å². The Hall–Kier alpha value is -4.16. The van der Waals surface area contributed by atoms with Crippen LogP contribution in [-0.2, 0) is 9.53 Å². The lowest BCUT2D eigenvalue weighted by Gasteiger charge is -2.26. The molecule has 0 radical (unpaired) electrons. The molecule has 4 aromatic rings. The fourth-order valence-corrected chi connectivity index (χ4v) is 4.56. The highest BCUT2D eigenvalue weighted by molar-refractivity contribution is 6.03. The predicted molar refractivity (Wildman–Crippen MR) is 143 cm³/mol. The molecule has 1 amide bonds. The molecule has 1 aromatic heterocycles. The van der Waals surface area contributed by atoms with Crippen LogP contribution in [0, 0.1) is 0 Å². The smallest absolute Gasteiger partial charge is 0.246 e. The minimum Gasteiger partial charge on any atom is -0.477 e. The maximum absolute atomic E-state index is 12.8. The van der Waals surface area contributed by atoms with E-state index in [0.29, 0.717) is 37.6 Å². The summed E-state index contributed by atoms with van der Waals surface area (Å²) in [6.45, 7) is 5.60. The number of allylic oxidation sites excluding steroid dienone is 1. The van der Waals surface area contributed by atoms with Gasteiger partial charge in [0.1, 0.15) is 6.10 Å². The molecule has 5 rings (SSSR count). The van der Waals surface area contributed by atoms with Gasteiger partial charge in [0.05, 0.1) is 13.2 Å². The van der Waals surface area contributed by atoms with Crippen molar-refractivity contribution in [2.75, 3.05) is 26.3 Å². The molecule has 3 aromatic carbocycles. The van der Waals surface area contributed by atoms with Crippen LogP contribution < -0.4 is 4.74 Å².